The third-order valence-corrected chi connectivity index (χ3v) is 7.67. The summed E-state index contributed by atoms with van der Waals surface area (Å²) in [7, 11) is -3.53. The maximum atomic E-state index is 13.0. The molecule has 1 saturated heterocycles. The Hall–Kier alpha value is -2.53. The van der Waals surface area contributed by atoms with Crippen LogP contribution in [0.1, 0.15) is 12.5 Å². The topological polar surface area (TPSA) is 83.5 Å². The van der Waals surface area contributed by atoms with Gasteiger partial charge in [0, 0.05) is 31.7 Å². The molecule has 0 spiro atoms. The van der Waals surface area contributed by atoms with Gasteiger partial charge in [-0.3, -0.25) is 10.00 Å². The molecule has 0 aliphatic carbocycles. The number of H-pyrrole nitrogens is 1. The van der Waals surface area contributed by atoms with Crippen molar-refractivity contribution in [2.24, 2.45) is 0 Å². The van der Waals surface area contributed by atoms with Crippen molar-refractivity contribution < 1.29 is 13.2 Å². The van der Waals surface area contributed by atoms with Crippen LogP contribution in [-0.4, -0.2) is 65.2 Å². The summed E-state index contributed by atoms with van der Waals surface area (Å²) in [6.45, 7) is 7.07. The highest BCUT2D eigenvalue weighted by molar-refractivity contribution is 7.89. The summed E-state index contributed by atoms with van der Waals surface area (Å²) in [5.74, 6) is 1.39. The first-order valence-corrected chi connectivity index (χ1v) is 12.4. The Kier molecular flexibility index (Phi) is 6.75. The number of ether oxygens (including phenoxy) is 1. The normalized spacial score (nSPS) is 15.7. The van der Waals surface area contributed by atoms with Crippen LogP contribution in [0, 0.1) is 11.7 Å². The second-order valence-corrected chi connectivity index (χ2v) is 10.0. The van der Waals surface area contributed by atoms with Gasteiger partial charge in [-0.05, 0) is 50.3 Å². The molecule has 1 aliphatic heterocycles. The monoisotopic (exact) mass is 473 g/mol. The van der Waals surface area contributed by atoms with Crippen LogP contribution in [0.2, 0.25) is 0 Å². The summed E-state index contributed by atoms with van der Waals surface area (Å²) in [5, 5.41) is 3.26. The molecule has 0 amide bonds. The number of aryl methyl sites for hydroxylation is 1. The Balaban J connectivity index is 1.39. The number of hydrogen-bond acceptors (Lipinski definition) is 6. The summed E-state index contributed by atoms with van der Waals surface area (Å²) in [4.78, 5) is 6.92. The van der Waals surface area contributed by atoms with E-state index >= 15 is 0 Å². The van der Waals surface area contributed by atoms with Crippen LogP contribution in [0.15, 0.2) is 53.4 Å². The molecule has 0 radical (unpaired) electrons. The van der Waals surface area contributed by atoms with Gasteiger partial charge in [0.2, 0.25) is 14.8 Å². The van der Waals surface area contributed by atoms with Crippen molar-refractivity contribution >= 4 is 22.2 Å². The quantitative estimate of drug-likeness (QED) is 0.530. The first-order chi connectivity index (χ1) is 15.4. The highest BCUT2D eigenvalue weighted by Crippen LogP contribution is 2.21. The largest absolute Gasteiger partial charge is 0.494 e. The van der Waals surface area contributed by atoms with Gasteiger partial charge in [-0.2, -0.15) is 9.29 Å². The fourth-order valence-corrected chi connectivity index (χ4v) is 5.24. The van der Waals surface area contributed by atoms with Crippen LogP contribution in [0.5, 0.6) is 5.75 Å². The lowest BCUT2D eigenvalue weighted by molar-refractivity contribution is 0.145. The molecule has 0 unspecified atom stereocenters. The Morgan fingerprint density at radius 1 is 1.03 bits per heavy atom. The molecule has 2 heterocycles. The average molecular weight is 474 g/mol. The molecule has 3 aromatic rings. The molecule has 1 aromatic heterocycles. The highest BCUT2D eigenvalue weighted by atomic mass is 32.2. The maximum absolute atomic E-state index is 13.0. The lowest BCUT2D eigenvalue weighted by Crippen LogP contribution is -2.48. The molecule has 32 heavy (non-hydrogen) atoms. The van der Waals surface area contributed by atoms with Crippen LogP contribution in [0.25, 0.3) is 11.4 Å². The van der Waals surface area contributed by atoms with Crippen LogP contribution >= 0.6 is 12.2 Å². The molecule has 4 rings (SSSR count). The minimum atomic E-state index is -3.53. The van der Waals surface area contributed by atoms with Gasteiger partial charge < -0.3 is 4.74 Å². The standard InChI is InChI=1S/C22H27N5O3S2/c1-3-30-19-8-10-20(11-9-19)32(28,29)26-14-12-25(13-15-26)16-27-22(31)23-21(24-27)18-6-4-17(2)5-7-18/h4-11H,3,12-16H2,1-2H3,(H,23,24,31). The van der Waals surface area contributed by atoms with Gasteiger partial charge in [-0.15, -0.1) is 0 Å². The van der Waals surface area contributed by atoms with Crippen molar-refractivity contribution in [3.8, 4) is 17.1 Å². The van der Waals surface area contributed by atoms with E-state index in [-0.39, 0.29) is 4.90 Å². The highest BCUT2D eigenvalue weighted by Gasteiger charge is 2.28. The number of nitrogens with one attached hydrogen (secondary N) is 1. The lowest BCUT2D eigenvalue weighted by atomic mass is 10.1. The fourth-order valence-electron chi connectivity index (χ4n) is 3.63. The molecule has 0 saturated carbocycles. The number of nitrogens with zero attached hydrogens (tertiary/aromatic N) is 4. The Morgan fingerprint density at radius 3 is 2.31 bits per heavy atom. The first kappa shape index (κ1) is 22.7. The second kappa shape index (κ2) is 9.53. The predicted octanol–water partition coefficient (Wildman–Crippen LogP) is 3.28. The van der Waals surface area contributed by atoms with Gasteiger partial charge in [-0.25, -0.2) is 13.1 Å². The molecule has 10 heteroatoms. The number of rotatable bonds is 7. The van der Waals surface area contributed by atoms with E-state index in [0.717, 1.165) is 11.4 Å². The minimum Gasteiger partial charge on any atom is -0.494 e. The summed E-state index contributed by atoms with van der Waals surface area (Å²) in [5.41, 5.74) is 2.16. The van der Waals surface area contributed by atoms with Crippen LogP contribution < -0.4 is 4.74 Å². The average Bonchev–Trinajstić information content (AvgIpc) is 3.15. The van der Waals surface area contributed by atoms with Gasteiger partial charge >= 0.3 is 0 Å². The molecule has 1 aliphatic rings. The van der Waals surface area contributed by atoms with E-state index in [2.05, 4.69) is 15.0 Å². The predicted molar refractivity (Wildman–Crippen MR) is 126 cm³/mol. The first-order valence-electron chi connectivity index (χ1n) is 10.6. The number of piperazine rings is 1. The Bertz CT molecular complexity index is 1210. The number of benzene rings is 2. The van der Waals surface area contributed by atoms with Gasteiger partial charge in [0.25, 0.3) is 0 Å². The number of sulfonamides is 1. The van der Waals surface area contributed by atoms with E-state index in [1.165, 1.54) is 9.87 Å². The molecule has 8 nitrogen and oxygen atoms in total. The molecular formula is C22H27N5O3S2. The van der Waals surface area contributed by atoms with Crippen molar-refractivity contribution in [3.63, 3.8) is 0 Å². The number of hydrogen-bond donors (Lipinski definition) is 1. The third-order valence-electron chi connectivity index (χ3n) is 5.45. The van der Waals surface area contributed by atoms with E-state index in [1.54, 1.807) is 24.3 Å². The van der Waals surface area contributed by atoms with Crippen molar-refractivity contribution in [3.05, 3.63) is 58.9 Å². The smallest absolute Gasteiger partial charge is 0.243 e. The minimum absolute atomic E-state index is 0.285. The van der Waals surface area contributed by atoms with Gasteiger partial charge in [0.05, 0.1) is 18.2 Å². The van der Waals surface area contributed by atoms with Crippen LogP contribution in [0.3, 0.4) is 0 Å². The van der Waals surface area contributed by atoms with Crippen molar-refractivity contribution in [2.75, 3.05) is 32.8 Å². The van der Waals surface area contributed by atoms with Crippen molar-refractivity contribution in [2.45, 2.75) is 25.4 Å². The Labute approximate surface area is 193 Å². The van der Waals surface area contributed by atoms with E-state index < -0.39 is 10.0 Å². The van der Waals surface area contributed by atoms with E-state index in [1.807, 2.05) is 42.8 Å². The molecule has 1 fully saturated rings. The summed E-state index contributed by atoms with van der Waals surface area (Å²) in [6.07, 6.45) is 0. The molecule has 170 valence electrons. The lowest BCUT2D eigenvalue weighted by Gasteiger charge is -2.33. The number of aromatic amines is 1. The van der Waals surface area contributed by atoms with Gasteiger partial charge in [0.1, 0.15) is 5.75 Å². The molecule has 1 N–H and O–H groups in total. The zero-order valence-corrected chi connectivity index (χ0v) is 19.8. The fraction of sp³-hybridized carbons (Fsp3) is 0.364. The van der Waals surface area contributed by atoms with Crippen molar-refractivity contribution in [1.82, 2.24) is 24.0 Å². The third kappa shape index (κ3) is 4.93. The van der Waals surface area contributed by atoms with Gasteiger partial charge in [0.15, 0.2) is 5.82 Å². The summed E-state index contributed by atoms with van der Waals surface area (Å²) < 4.78 is 35.2. The molecule has 0 bridgehead atoms. The van der Waals surface area contributed by atoms with Crippen LogP contribution in [0.4, 0.5) is 0 Å². The number of aromatic nitrogens is 3. The Morgan fingerprint density at radius 2 is 1.69 bits per heavy atom. The maximum Gasteiger partial charge on any atom is 0.243 e. The summed E-state index contributed by atoms with van der Waals surface area (Å²) in [6, 6.07) is 14.7. The van der Waals surface area contributed by atoms with Crippen LogP contribution in [-0.2, 0) is 16.7 Å². The van der Waals surface area contributed by atoms with Gasteiger partial charge in [-0.1, -0.05) is 29.8 Å². The molecular weight excluding hydrogens is 446 g/mol. The SMILES string of the molecule is CCOc1ccc(S(=O)(=O)N2CCN(Cn3[nH]c(-c4ccc(C)cc4)nc3=S)CC2)cc1. The zero-order valence-electron chi connectivity index (χ0n) is 18.2. The van der Waals surface area contributed by atoms with E-state index in [0.29, 0.717) is 50.0 Å². The zero-order chi connectivity index (χ0) is 22.7. The molecule has 2 aromatic carbocycles. The molecule has 0 atom stereocenters. The van der Waals surface area contributed by atoms with E-state index in [4.69, 9.17) is 17.0 Å². The van der Waals surface area contributed by atoms with E-state index in [9.17, 15) is 8.42 Å². The second-order valence-electron chi connectivity index (χ2n) is 7.72. The van der Waals surface area contributed by atoms with Crippen molar-refractivity contribution in [1.29, 1.82) is 0 Å². The summed E-state index contributed by atoms with van der Waals surface area (Å²) >= 11 is 5.42.